The summed E-state index contributed by atoms with van der Waals surface area (Å²) in [6, 6.07) is -0.219. The van der Waals surface area contributed by atoms with Crippen LogP contribution < -0.4 is 0 Å². The molecule has 2 rings (SSSR count). The third-order valence-electron chi connectivity index (χ3n) is 2.78. The van der Waals surface area contributed by atoms with Crippen molar-refractivity contribution < 1.29 is 9.59 Å². The van der Waals surface area contributed by atoms with Crippen LogP contribution in [0.15, 0.2) is 12.3 Å². The second-order valence-corrected chi connectivity index (χ2v) is 3.50. The highest BCUT2D eigenvalue weighted by molar-refractivity contribution is 6.04. The van der Waals surface area contributed by atoms with Crippen LogP contribution in [-0.2, 0) is 9.59 Å². The van der Waals surface area contributed by atoms with Gasteiger partial charge in [-0.15, -0.1) is 0 Å². The van der Waals surface area contributed by atoms with Gasteiger partial charge in [0, 0.05) is 13.6 Å². The molecule has 0 aromatic rings. The molecule has 0 radical (unpaired) electrons. The van der Waals surface area contributed by atoms with Gasteiger partial charge in [0.15, 0.2) is 0 Å². The first-order valence-corrected chi connectivity index (χ1v) is 4.40. The van der Waals surface area contributed by atoms with Crippen molar-refractivity contribution in [2.75, 3.05) is 13.6 Å². The topological polar surface area (TPSA) is 40.6 Å². The third-order valence-corrected chi connectivity index (χ3v) is 2.78. The molecule has 0 spiro atoms. The maximum Gasteiger partial charge on any atom is 0.270 e. The maximum absolute atomic E-state index is 11.6. The highest BCUT2D eigenvalue weighted by Gasteiger charge is 2.42. The van der Waals surface area contributed by atoms with E-state index in [9.17, 15) is 9.59 Å². The molecule has 13 heavy (non-hydrogen) atoms. The van der Waals surface area contributed by atoms with Crippen LogP contribution in [-0.4, -0.2) is 41.2 Å². The Kier molecular flexibility index (Phi) is 1.65. The number of likely N-dealkylation sites (N-methyl/N-ethyl adjacent to an activating group) is 1. The second-order valence-electron chi connectivity index (χ2n) is 3.50. The third kappa shape index (κ3) is 0.978. The number of carbonyl (C=O) groups excluding carboxylic acids is 2. The molecule has 0 aliphatic carbocycles. The average Bonchev–Trinajstić information content (AvgIpc) is 2.59. The molecule has 4 nitrogen and oxygen atoms in total. The van der Waals surface area contributed by atoms with E-state index in [1.807, 2.05) is 0 Å². The van der Waals surface area contributed by atoms with Crippen molar-refractivity contribution in [3.05, 3.63) is 12.3 Å². The van der Waals surface area contributed by atoms with Gasteiger partial charge in [0.05, 0.1) is 0 Å². The normalized spacial score (nSPS) is 28.4. The zero-order valence-electron chi connectivity index (χ0n) is 7.62. The van der Waals surface area contributed by atoms with Gasteiger partial charge in [-0.2, -0.15) is 0 Å². The van der Waals surface area contributed by atoms with E-state index in [0.717, 1.165) is 12.8 Å². The van der Waals surface area contributed by atoms with Crippen LogP contribution in [0.3, 0.4) is 0 Å². The van der Waals surface area contributed by atoms with E-state index >= 15 is 0 Å². The lowest BCUT2D eigenvalue weighted by atomic mass is 10.1. The van der Waals surface area contributed by atoms with Crippen molar-refractivity contribution in [2.45, 2.75) is 18.9 Å². The summed E-state index contributed by atoms with van der Waals surface area (Å²) >= 11 is 0. The van der Waals surface area contributed by atoms with Crippen LogP contribution >= 0.6 is 0 Å². The number of fused-ring (bicyclic) bond motifs is 1. The van der Waals surface area contributed by atoms with Crippen LogP contribution in [0.4, 0.5) is 0 Å². The van der Waals surface area contributed by atoms with Crippen LogP contribution in [0, 0.1) is 0 Å². The van der Waals surface area contributed by atoms with Crippen molar-refractivity contribution in [3.63, 3.8) is 0 Å². The number of nitrogens with zero attached hydrogens (tertiary/aromatic N) is 2. The summed E-state index contributed by atoms with van der Waals surface area (Å²) in [5.74, 6) is -0.0910. The fraction of sp³-hybridized carbons (Fsp3) is 0.556. The zero-order valence-corrected chi connectivity index (χ0v) is 7.62. The average molecular weight is 180 g/mol. The van der Waals surface area contributed by atoms with E-state index in [1.165, 1.54) is 4.90 Å². The molecule has 0 N–H and O–H groups in total. The number of rotatable bonds is 0. The minimum absolute atomic E-state index is 0.00194. The van der Waals surface area contributed by atoms with E-state index in [2.05, 4.69) is 6.58 Å². The highest BCUT2D eigenvalue weighted by Crippen LogP contribution is 2.26. The molecule has 2 aliphatic heterocycles. The minimum Gasteiger partial charge on any atom is -0.325 e. The van der Waals surface area contributed by atoms with Crippen molar-refractivity contribution in [1.82, 2.24) is 9.80 Å². The number of hydrogen-bond acceptors (Lipinski definition) is 2. The lowest BCUT2D eigenvalue weighted by Crippen LogP contribution is -2.54. The fourth-order valence-electron chi connectivity index (χ4n) is 1.93. The Balaban J connectivity index is 2.34. The molecule has 0 bridgehead atoms. The van der Waals surface area contributed by atoms with Crippen LogP contribution in [0.5, 0.6) is 0 Å². The minimum atomic E-state index is -0.219. The van der Waals surface area contributed by atoms with Gasteiger partial charge in [-0.1, -0.05) is 6.58 Å². The Morgan fingerprint density at radius 1 is 1.46 bits per heavy atom. The van der Waals surface area contributed by atoms with Gasteiger partial charge >= 0.3 is 0 Å². The van der Waals surface area contributed by atoms with E-state index in [0.29, 0.717) is 12.2 Å². The van der Waals surface area contributed by atoms with Gasteiger partial charge in [0.2, 0.25) is 5.91 Å². The van der Waals surface area contributed by atoms with Gasteiger partial charge < -0.3 is 9.80 Å². The SMILES string of the molecule is C=C1C(=O)N2CCC[C@H]2C(=O)N1C. The largest absolute Gasteiger partial charge is 0.325 e. The number of amides is 2. The van der Waals surface area contributed by atoms with Gasteiger partial charge in [0.1, 0.15) is 11.7 Å². The predicted molar refractivity (Wildman–Crippen MR) is 46.6 cm³/mol. The van der Waals surface area contributed by atoms with Crippen LogP contribution in [0.2, 0.25) is 0 Å². The standard InChI is InChI=1S/C9H12N2O2/c1-6-8(12)11-5-3-4-7(11)9(13)10(6)2/h7H,1,3-5H2,2H3/t7-/m0/s1. The smallest absolute Gasteiger partial charge is 0.270 e. The molecule has 0 aromatic carbocycles. The summed E-state index contributed by atoms with van der Waals surface area (Å²) in [4.78, 5) is 26.2. The van der Waals surface area contributed by atoms with Crippen LogP contribution in [0.1, 0.15) is 12.8 Å². The Morgan fingerprint density at radius 2 is 2.15 bits per heavy atom. The van der Waals surface area contributed by atoms with Gasteiger partial charge in [-0.3, -0.25) is 9.59 Å². The number of carbonyl (C=O) groups is 2. The fourth-order valence-corrected chi connectivity index (χ4v) is 1.93. The Labute approximate surface area is 76.8 Å². The Hall–Kier alpha value is -1.32. The van der Waals surface area contributed by atoms with Gasteiger partial charge in [0.25, 0.3) is 5.91 Å². The van der Waals surface area contributed by atoms with Crippen LogP contribution in [0.25, 0.3) is 0 Å². The first kappa shape index (κ1) is 8.29. The molecule has 2 aliphatic rings. The molecule has 1 atom stereocenters. The van der Waals surface area contributed by atoms with E-state index in [-0.39, 0.29) is 17.9 Å². The molecule has 2 fully saturated rings. The molecular formula is C9H12N2O2. The summed E-state index contributed by atoms with van der Waals surface area (Å²) in [7, 11) is 1.61. The van der Waals surface area contributed by atoms with Crippen molar-refractivity contribution in [2.24, 2.45) is 0 Å². The van der Waals surface area contributed by atoms with Crippen molar-refractivity contribution in [1.29, 1.82) is 0 Å². The maximum atomic E-state index is 11.6. The molecule has 2 saturated heterocycles. The predicted octanol–water partition coefficient (Wildman–Crippen LogP) is -0.0369. The lowest BCUT2D eigenvalue weighted by molar-refractivity contribution is -0.147. The van der Waals surface area contributed by atoms with Crippen molar-refractivity contribution in [3.8, 4) is 0 Å². The van der Waals surface area contributed by atoms with Gasteiger partial charge in [-0.05, 0) is 12.8 Å². The summed E-state index contributed by atoms with van der Waals surface area (Å²) in [5.41, 5.74) is 0.295. The summed E-state index contributed by atoms with van der Waals surface area (Å²) in [6.07, 6.45) is 1.71. The quantitative estimate of drug-likeness (QED) is 0.491. The monoisotopic (exact) mass is 180 g/mol. The molecule has 4 heteroatoms. The number of piperazine rings is 1. The first-order valence-electron chi connectivity index (χ1n) is 4.40. The highest BCUT2D eigenvalue weighted by atomic mass is 16.2. The molecule has 0 aromatic heterocycles. The summed E-state index contributed by atoms with van der Waals surface area (Å²) in [6.45, 7) is 4.30. The molecular weight excluding hydrogens is 168 g/mol. The lowest BCUT2D eigenvalue weighted by Gasteiger charge is -2.35. The number of hydrogen-bond donors (Lipinski definition) is 0. The van der Waals surface area contributed by atoms with Crippen molar-refractivity contribution >= 4 is 11.8 Å². The first-order chi connectivity index (χ1) is 6.13. The van der Waals surface area contributed by atoms with Gasteiger partial charge in [-0.25, -0.2) is 0 Å². The molecule has 2 heterocycles. The Morgan fingerprint density at radius 3 is 2.85 bits per heavy atom. The summed E-state index contributed by atoms with van der Waals surface area (Å²) < 4.78 is 0. The summed E-state index contributed by atoms with van der Waals surface area (Å²) in [5, 5.41) is 0. The van der Waals surface area contributed by atoms with E-state index in [1.54, 1.807) is 11.9 Å². The second kappa shape index (κ2) is 2.58. The van der Waals surface area contributed by atoms with E-state index < -0.39 is 0 Å². The zero-order chi connectivity index (χ0) is 9.59. The molecule has 0 saturated carbocycles. The molecule has 70 valence electrons. The van der Waals surface area contributed by atoms with E-state index in [4.69, 9.17) is 0 Å². The molecule has 2 amide bonds. The molecule has 0 unspecified atom stereocenters. The Bertz CT molecular complexity index is 298.